The van der Waals surface area contributed by atoms with E-state index in [1.807, 2.05) is 0 Å². The van der Waals surface area contributed by atoms with Crippen molar-refractivity contribution in [3.63, 3.8) is 0 Å². The maximum atomic E-state index is 13.0. The maximum absolute atomic E-state index is 13.0. The quantitative estimate of drug-likeness (QED) is 0.825. The van der Waals surface area contributed by atoms with E-state index < -0.39 is 24.1 Å². The Bertz CT molecular complexity index is 431. The predicted molar refractivity (Wildman–Crippen MR) is 61.5 cm³/mol. The van der Waals surface area contributed by atoms with E-state index in [0.717, 1.165) is 24.3 Å². The Morgan fingerprint density at radius 1 is 1.37 bits per heavy atom. The second-order valence-corrected chi connectivity index (χ2v) is 3.89. The number of ether oxygens (including phenoxy) is 1. The number of hydrogen-bond acceptors (Lipinski definition) is 4. The highest BCUT2D eigenvalue weighted by atomic mass is 19.4. The average molecular weight is 277 g/mol. The molecule has 19 heavy (non-hydrogen) atoms. The smallest absolute Gasteiger partial charge is 0.397 e. The van der Waals surface area contributed by atoms with Gasteiger partial charge in [-0.25, -0.2) is 0 Å². The fourth-order valence-electron chi connectivity index (χ4n) is 1.66. The monoisotopic (exact) mass is 277 g/mol. The summed E-state index contributed by atoms with van der Waals surface area (Å²) in [6.45, 7) is 1.43. The van der Waals surface area contributed by atoms with Crippen LogP contribution in [-0.2, 0) is 9.53 Å². The minimum Gasteiger partial charge on any atom is -0.508 e. The Morgan fingerprint density at radius 3 is 2.32 bits per heavy atom. The lowest BCUT2D eigenvalue weighted by molar-refractivity contribution is -0.170. The van der Waals surface area contributed by atoms with Crippen LogP contribution in [-0.4, -0.2) is 29.9 Å². The number of halogens is 3. The van der Waals surface area contributed by atoms with Crippen molar-refractivity contribution in [3.8, 4) is 5.75 Å². The average Bonchev–Trinajstić information content (AvgIpc) is 2.30. The number of hydrogen-bond donors (Lipinski definition) is 2. The molecule has 0 heterocycles. The van der Waals surface area contributed by atoms with E-state index in [4.69, 9.17) is 10.8 Å². The van der Waals surface area contributed by atoms with Gasteiger partial charge in [0.2, 0.25) is 0 Å². The molecule has 0 aliphatic carbocycles. The largest absolute Gasteiger partial charge is 0.508 e. The lowest BCUT2D eigenvalue weighted by atomic mass is 9.91. The first-order valence-corrected chi connectivity index (χ1v) is 5.55. The molecule has 0 bridgehead atoms. The van der Waals surface area contributed by atoms with Crippen molar-refractivity contribution in [3.05, 3.63) is 29.8 Å². The van der Waals surface area contributed by atoms with E-state index in [2.05, 4.69) is 4.74 Å². The number of benzene rings is 1. The molecular formula is C12H14F3NO3. The molecule has 0 radical (unpaired) electrons. The number of phenolic OH excluding ortho intramolecular Hbond substituents is 1. The molecule has 4 nitrogen and oxygen atoms in total. The van der Waals surface area contributed by atoms with Gasteiger partial charge in [-0.1, -0.05) is 12.1 Å². The van der Waals surface area contributed by atoms with Gasteiger partial charge in [0, 0.05) is 0 Å². The molecule has 0 saturated heterocycles. The van der Waals surface area contributed by atoms with Gasteiger partial charge in [0.15, 0.2) is 0 Å². The molecule has 0 amide bonds. The Hall–Kier alpha value is -1.76. The molecule has 0 aliphatic rings. The predicted octanol–water partition coefficient (Wildman–Crippen LogP) is 1.93. The molecule has 0 aliphatic heterocycles. The molecular weight excluding hydrogens is 263 g/mol. The molecule has 7 heteroatoms. The van der Waals surface area contributed by atoms with Gasteiger partial charge in [-0.15, -0.1) is 0 Å². The summed E-state index contributed by atoms with van der Waals surface area (Å²) in [6, 6.07) is 2.52. The molecule has 2 unspecified atom stereocenters. The number of esters is 1. The Labute approximate surface area is 108 Å². The molecule has 0 saturated carbocycles. The van der Waals surface area contributed by atoms with Gasteiger partial charge in [-0.05, 0) is 24.6 Å². The van der Waals surface area contributed by atoms with Crippen molar-refractivity contribution < 1.29 is 27.8 Å². The number of aromatic hydroxyl groups is 1. The molecule has 0 spiro atoms. The van der Waals surface area contributed by atoms with Crippen molar-refractivity contribution in [1.82, 2.24) is 0 Å². The number of carbonyl (C=O) groups excluding carboxylic acids is 1. The summed E-state index contributed by atoms with van der Waals surface area (Å²) < 4.78 is 43.5. The van der Waals surface area contributed by atoms with Gasteiger partial charge in [0.1, 0.15) is 17.7 Å². The zero-order chi connectivity index (χ0) is 14.6. The number of carbonyl (C=O) groups is 1. The SMILES string of the molecule is CCOC(=O)C(N)C(c1ccc(O)cc1)C(F)(F)F. The third kappa shape index (κ3) is 3.85. The van der Waals surface area contributed by atoms with Gasteiger partial charge >= 0.3 is 12.1 Å². The van der Waals surface area contributed by atoms with Crippen molar-refractivity contribution in [2.24, 2.45) is 5.73 Å². The zero-order valence-corrected chi connectivity index (χ0v) is 10.1. The second kappa shape index (κ2) is 5.92. The van der Waals surface area contributed by atoms with E-state index in [1.54, 1.807) is 0 Å². The lowest BCUT2D eigenvalue weighted by Crippen LogP contribution is -2.44. The van der Waals surface area contributed by atoms with E-state index in [9.17, 15) is 18.0 Å². The van der Waals surface area contributed by atoms with Crippen LogP contribution >= 0.6 is 0 Å². The van der Waals surface area contributed by atoms with Gasteiger partial charge in [0.05, 0.1) is 6.61 Å². The lowest BCUT2D eigenvalue weighted by Gasteiger charge is -2.25. The molecule has 3 N–H and O–H groups in total. The van der Waals surface area contributed by atoms with Crippen molar-refractivity contribution in [2.45, 2.75) is 25.1 Å². The van der Waals surface area contributed by atoms with Crippen LogP contribution in [0.2, 0.25) is 0 Å². The fraction of sp³-hybridized carbons (Fsp3) is 0.417. The first-order valence-electron chi connectivity index (χ1n) is 5.55. The summed E-state index contributed by atoms with van der Waals surface area (Å²) >= 11 is 0. The summed E-state index contributed by atoms with van der Waals surface area (Å²) in [5.74, 6) is -3.46. The molecule has 106 valence electrons. The molecule has 0 fully saturated rings. The highest BCUT2D eigenvalue weighted by molar-refractivity contribution is 5.77. The molecule has 2 atom stereocenters. The third-order valence-corrected chi connectivity index (χ3v) is 2.52. The zero-order valence-electron chi connectivity index (χ0n) is 10.1. The minimum absolute atomic E-state index is 0.0489. The summed E-state index contributed by atoms with van der Waals surface area (Å²) in [4.78, 5) is 11.4. The second-order valence-electron chi connectivity index (χ2n) is 3.89. The van der Waals surface area contributed by atoms with Gasteiger partial charge in [-0.3, -0.25) is 4.79 Å². The van der Waals surface area contributed by atoms with Gasteiger partial charge in [0.25, 0.3) is 0 Å². The fourth-order valence-corrected chi connectivity index (χ4v) is 1.66. The van der Waals surface area contributed by atoms with Crippen molar-refractivity contribution >= 4 is 5.97 Å². The number of alkyl halides is 3. The van der Waals surface area contributed by atoms with Crippen LogP contribution in [0.5, 0.6) is 5.75 Å². The van der Waals surface area contributed by atoms with Crippen LogP contribution in [0.15, 0.2) is 24.3 Å². The molecule has 0 aromatic heterocycles. The van der Waals surface area contributed by atoms with Crippen LogP contribution in [0.3, 0.4) is 0 Å². The first-order chi connectivity index (χ1) is 8.77. The van der Waals surface area contributed by atoms with Gasteiger partial charge in [-0.2, -0.15) is 13.2 Å². The van der Waals surface area contributed by atoms with Crippen LogP contribution in [0.4, 0.5) is 13.2 Å². The van der Waals surface area contributed by atoms with Crippen LogP contribution < -0.4 is 5.73 Å². The van der Waals surface area contributed by atoms with E-state index >= 15 is 0 Å². The van der Waals surface area contributed by atoms with Crippen LogP contribution in [0, 0.1) is 0 Å². The van der Waals surface area contributed by atoms with E-state index in [1.165, 1.54) is 6.92 Å². The van der Waals surface area contributed by atoms with E-state index in [0.29, 0.717) is 0 Å². The summed E-state index contributed by atoms with van der Waals surface area (Å²) in [5, 5.41) is 9.07. The molecule has 1 aromatic carbocycles. The number of phenols is 1. The maximum Gasteiger partial charge on any atom is 0.397 e. The van der Waals surface area contributed by atoms with E-state index in [-0.39, 0.29) is 17.9 Å². The van der Waals surface area contributed by atoms with Crippen molar-refractivity contribution in [1.29, 1.82) is 0 Å². The third-order valence-electron chi connectivity index (χ3n) is 2.52. The van der Waals surface area contributed by atoms with Crippen molar-refractivity contribution in [2.75, 3.05) is 6.61 Å². The van der Waals surface area contributed by atoms with Crippen LogP contribution in [0.25, 0.3) is 0 Å². The number of nitrogens with two attached hydrogens (primary N) is 1. The normalized spacial score (nSPS) is 14.8. The first kappa shape index (κ1) is 15.3. The Morgan fingerprint density at radius 2 is 1.89 bits per heavy atom. The topological polar surface area (TPSA) is 72.5 Å². The van der Waals surface area contributed by atoms with Gasteiger partial charge < -0.3 is 15.6 Å². The summed E-state index contributed by atoms with van der Waals surface area (Å²) in [5.41, 5.74) is 5.14. The summed E-state index contributed by atoms with van der Waals surface area (Å²) in [7, 11) is 0. The number of rotatable bonds is 4. The molecule has 1 aromatic rings. The Kier molecular flexibility index (Phi) is 4.77. The standard InChI is InChI=1S/C12H14F3NO3/c1-2-19-11(18)10(16)9(12(13,14)15)7-3-5-8(17)6-4-7/h3-6,9-10,17H,2,16H2,1H3. The van der Waals surface area contributed by atoms with Crippen LogP contribution in [0.1, 0.15) is 18.4 Å². The molecule has 1 rings (SSSR count). The summed E-state index contributed by atoms with van der Waals surface area (Å²) in [6.07, 6.45) is -4.69. The minimum atomic E-state index is -4.69. The Balaban J connectivity index is 3.09. The highest BCUT2D eigenvalue weighted by Crippen LogP contribution is 2.37. The highest BCUT2D eigenvalue weighted by Gasteiger charge is 2.47.